The van der Waals surface area contributed by atoms with Crippen molar-refractivity contribution < 1.29 is 14.2 Å². The van der Waals surface area contributed by atoms with E-state index in [2.05, 4.69) is 66.2 Å². The molecule has 1 aromatic carbocycles. The predicted octanol–water partition coefficient (Wildman–Crippen LogP) is 4.82. The van der Waals surface area contributed by atoms with Gasteiger partial charge in [0.05, 0.1) is 43.6 Å². The van der Waals surface area contributed by atoms with Gasteiger partial charge in [-0.05, 0) is 62.9 Å². The second-order valence-electron chi connectivity index (χ2n) is 12.0. The Morgan fingerprint density at radius 1 is 0.927 bits per heavy atom. The van der Waals surface area contributed by atoms with Crippen molar-refractivity contribution in [2.45, 2.75) is 71.2 Å². The number of anilines is 2. The number of ether oxygens (including phenoxy) is 3. The van der Waals surface area contributed by atoms with Crippen molar-refractivity contribution in [2.75, 3.05) is 56.3 Å². The van der Waals surface area contributed by atoms with Crippen molar-refractivity contribution in [3.63, 3.8) is 0 Å². The maximum Gasteiger partial charge on any atom is 0.229 e. The van der Waals surface area contributed by atoms with Gasteiger partial charge in [-0.25, -0.2) is 4.98 Å². The summed E-state index contributed by atoms with van der Waals surface area (Å²) >= 11 is 0. The lowest BCUT2D eigenvalue weighted by molar-refractivity contribution is -0.00570. The third kappa shape index (κ3) is 6.27. The summed E-state index contributed by atoms with van der Waals surface area (Å²) in [5.41, 5.74) is 3.82. The lowest BCUT2D eigenvalue weighted by Gasteiger charge is -2.36. The fourth-order valence-corrected chi connectivity index (χ4v) is 6.58. The monoisotopic (exact) mass is 560 g/mol. The smallest absolute Gasteiger partial charge is 0.229 e. The molecule has 2 aromatic heterocycles. The Labute approximate surface area is 243 Å². The zero-order valence-electron chi connectivity index (χ0n) is 24.9. The summed E-state index contributed by atoms with van der Waals surface area (Å²) in [5, 5.41) is 4.78. The van der Waals surface area contributed by atoms with E-state index in [-0.39, 0.29) is 12.2 Å². The minimum Gasteiger partial charge on any atom is -0.496 e. The van der Waals surface area contributed by atoms with E-state index in [9.17, 15) is 0 Å². The van der Waals surface area contributed by atoms with E-state index in [0.717, 1.165) is 66.5 Å². The molecule has 3 aliphatic rings. The molecule has 9 nitrogen and oxygen atoms in total. The molecule has 0 radical (unpaired) electrons. The van der Waals surface area contributed by atoms with Crippen molar-refractivity contribution in [1.29, 1.82) is 0 Å². The van der Waals surface area contributed by atoms with E-state index < -0.39 is 0 Å². The summed E-state index contributed by atoms with van der Waals surface area (Å²) in [6.45, 7) is 11.9. The molecule has 41 heavy (non-hydrogen) atoms. The molecule has 3 fully saturated rings. The highest BCUT2D eigenvalue weighted by molar-refractivity contribution is 5.90. The van der Waals surface area contributed by atoms with Crippen LogP contribution in [0.25, 0.3) is 22.3 Å². The van der Waals surface area contributed by atoms with Gasteiger partial charge in [0.2, 0.25) is 5.95 Å². The van der Waals surface area contributed by atoms with Crippen LogP contribution < -0.4 is 19.9 Å². The number of fused-ring (bicyclic) bond motifs is 1. The van der Waals surface area contributed by atoms with Crippen LogP contribution in [0.1, 0.15) is 52.0 Å². The van der Waals surface area contributed by atoms with Gasteiger partial charge >= 0.3 is 0 Å². The average molecular weight is 561 g/mol. The minimum atomic E-state index is 0.118. The maximum absolute atomic E-state index is 5.99. The van der Waals surface area contributed by atoms with Gasteiger partial charge in [0.15, 0.2) is 5.65 Å². The first-order valence-electron chi connectivity index (χ1n) is 15.3. The van der Waals surface area contributed by atoms with Crippen LogP contribution in [0.4, 0.5) is 11.8 Å². The number of nitrogens with one attached hydrogen (secondary N) is 1. The summed E-state index contributed by atoms with van der Waals surface area (Å²) < 4.78 is 17.4. The third-order valence-corrected chi connectivity index (χ3v) is 8.78. The number of aromatic nitrogens is 3. The van der Waals surface area contributed by atoms with E-state index in [1.54, 1.807) is 7.11 Å². The Balaban J connectivity index is 1.35. The van der Waals surface area contributed by atoms with Crippen molar-refractivity contribution in [3.8, 4) is 17.0 Å². The number of nitrogens with zero attached hydrogens (tertiary/aromatic N) is 5. The molecule has 1 saturated carbocycles. The first kappa shape index (κ1) is 28.1. The van der Waals surface area contributed by atoms with Crippen LogP contribution in [-0.4, -0.2) is 79.7 Å². The highest BCUT2D eigenvalue weighted by atomic mass is 16.5. The van der Waals surface area contributed by atoms with Crippen molar-refractivity contribution >= 4 is 22.8 Å². The van der Waals surface area contributed by atoms with Crippen molar-refractivity contribution in [2.24, 2.45) is 5.92 Å². The molecular weight excluding hydrogens is 516 g/mol. The number of methoxy groups -OCH3 is 1. The van der Waals surface area contributed by atoms with Crippen LogP contribution in [-0.2, 0) is 16.0 Å². The normalized spacial score (nSPS) is 25.5. The number of morpholine rings is 2. The van der Waals surface area contributed by atoms with E-state index in [0.29, 0.717) is 36.8 Å². The van der Waals surface area contributed by atoms with Gasteiger partial charge in [0.1, 0.15) is 11.6 Å². The fraction of sp³-hybridized carbons (Fsp3) is 0.594. The van der Waals surface area contributed by atoms with Crippen LogP contribution in [0.15, 0.2) is 30.3 Å². The van der Waals surface area contributed by atoms with Crippen molar-refractivity contribution in [1.82, 2.24) is 20.3 Å². The molecule has 9 heteroatoms. The molecule has 0 bridgehead atoms. The Hall–Kier alpha value is -3.01. The van der Waals surface area contributed by atoms with Crippen LogP contribution in [0.2, 0.25) is 0 Å². The minimum absolute atomic E-state index is 0.118. The second-order valence-corrected chi connectivity index (χ2v) is 12.0. The number of hydrogen-bond acceptors (Lipinski definition) is 9. The standard InChI is InChI=1S/C32H44N6O3/c1-21-7-5-6-8-27(21)33-18-25-17-24(9-12-29(25)39-4)28-11-10-26-30(34-28)35-32(38-19-22(2)41-23(3)20-38)36-31(26)37-13-15-40-16-14-37/h9-12,17,21-23,27,33H,5-8,13-16,18-20H2,1-4H3/t21?,22-,23+,27?. The number of pyridine rings is 1. The van der Waals surface area contributed by atoms with Gasteiger partial charge in [-0.1, -0.05) is 19.8 Å². The summed E-state index contributed by atoms with van der Waals surface area (Å²) in [6, 6.07) is 11.1. The van der Waals surface area contributed by atoms with Gasteiger partial charge in [-0.3, -0.25) is 0 Å². The molecule has 1 N–H and O–H groups in total. The molecular formula is C32H44N6O3. The Morgan fingerprint density at radius 3 is 2.46 bits per heavy atom. The molecule has 220 valence electrons. The van der Waals surface area contributed by atoms with Crippen LogP contribution in [0, 0.1) is 5.92 Å². The Bertz CT molecular complexity index is 1340. The summed E-state index contributed by atoms with van der Waals surface area (Å²) in [4.78, 5) is 19.8. The Kier molecular flexibility index (Phi) is 8.55. The van der Waals surface area contributed by atoms with Gasteiger partial charge < -0.3 is 29.3 Å². The highest BCUT2D eigenvalue weighted by Gasteiger charge is 2.27. The lowest BCUT2D eigenvalue weighted by atomic mass is 9.86. The largest absolute Gasteiger partial charge is 0.496 e. The number of benzene rings is 1. The van der Waals surface area contributed by atoms with E-state index in [1.165, 1.54) is 25.7 Å². The first-order valence-corrected chi connectivity index (χ1v) is 15.3. The molecule has 2 aliphatic heterocycles. The Morgan fingerprint density at radius 2 is 1.71 bits per heavy atom. The third-order valence-electron chi connectivity index (χ3n) is 8.78. The zero-order chi connectivity index (χ0) is 28.3. The van der Waals surface area contributed by atoms with E-state index >= 15 is 0 Å². The molecule has 0 spiro atoms. The molecule has 3 aromatic rings. The van der Waals surface area contributed by atoms with E-state index in [4.69, 9.17) is 29.2 Å². The maximum atomic E-state index is 5.99. The van der Waals surface area contributed by atoms with Gasteiger partial charge in [-0.2, -0.15) is 9.97 Å². The summed E-state index contributed by atoms with van der Waals surface area (Å²) in [5.74, 6) is 3.25. The molecule has 4 atom stereocenters. The zero-order valence-corrected chi connectivity index (χ0v) is 24.9. The lowest BCUT2D eigenvalue weighted by Crippen LogP contribution is -2.46. The molecule has 2 saturated heterocycles. The molecule has 0 amide bonds. The fourth-order valence-electron chi connectivity index (χ4n) is 6.58. The molecule has 4 heterocycles. The van der Waals surface area contributed by atoms with Crippen LogP contribution >= 0.6 is 0 Å². The predicted molar refractivity (Wildman–Crippen MR) is 163 cm³/mol. The highest BCUT2D eigenvalue weighted by Crippen LogP contribution is 2.32. The second kappa shape index (κ2) is 12.5. The SMILES string of the molecule is COc1ccc(-c2ccc3c(N4CCOCC4)nc(N4C[C@@H](C)O[C@@H](C)C4)nc3n2)cc1CNC1CCCCC1C. The van der Waals surface area contributed by atoms with Crippen LogP contribution in [0.5, 0.6) is 5.75 Å². The topological polar surface area (TPSA) is 84.9 Å². The molecule has 1 aliphatic carbocycles. The van der Waals surface area contributed by atoms with Gasteiger partial charge in [0.25, 0.3) is 0 Å². The summed E-state index contributed by atoms with van der Waals surface area (Å²) in [7, 11) is 1.75. The van der Waals surface area contributed by atoms with Gasteiger partial charge in [0, 0.05) is 49.9 Å². The first-order chi connectivity index (χ1) is 20.0. The quantitative estimate of drug-likeness (QED) is 0.437. The van der Waals surface area contributed by atoms with Crippen LogP contribution in [0.3, 0.4) is 0 Å². The van der Waals surface area contributed by atoms with Crippen molar-refractivity contribution in [3.05, 3.63) is 35.9 Å². The molecule has 2 unspecified atom stereocenters. The number of hydrogen-bond donors (Lipinski definition) is 1. The van der Waals surface area contributed by atoms with E-state index in [1.807, 2.05) is 0 Å². The average Bonchev–Trinajstić information content (AvgIpc) is 2.99. The summed E-state index contributed by atoms with van der Waals surface area (Å²) in [6.07, 6.45) is 5.42. The number of rotatable bonds is 7. The molecule has 6 rings (SSSR count). The van der Waals surface area contributed by atoms with Gasteiger partial charge in [-0.15, -0.1) is 0 Å².